The molecular formula is C18H26ClFN2O. The number of hydrogen-bond donors (Lipinski definition) is 1. The molecule has 1 saturated carbocycles. The number of fused-ring (bicyclic) bond motifs is 2. The molecule has 5 heteroatoms. The molecule has 1 spiro atoms. The predicted octanol–water partition coefficient (Wildman–Crippen LogP) is 3.78. The first kappa shape index (κ1) is 18.2. The molecule has 0 atom stereocenters. The second-order valence-corrected chi connectivity index (χ2v) is 6.85. The van der Waals surface area contributed by atoms with Crippen molar-refractivity contribution in [2.45, 2.75) is 51.4 Å². The zero-order valence-corrected chi connectivity index (χ0v) is 14.7. The first-order chi connectivity index (χ1) is 10.5. The fourth-order valence-electron chi connectivity index (χ4n) is 4.14. The maximum atomic E-state index is 14.4. The van der Waals surface area contributed by atoms with Crippen LogP contribution in [0.2, 0.25) is 0 Å². The highest BCUT2D eigenvalue weighted by molar-refractivity contribution is 6.00. The quantitative estimate of drug-likeness (QED) is 0.906. The largest absolute Gasteiger partial charge is 0.329 e. The summed E-state index contributed by atoms with van der Waals surface area (Å²) in [5, 5.41) is 0. The van der Waals surface area contributed by atoms with Crippen LogP contribution in [0.5, 0.6) is 0 Å². The van der Waals surface area contributed by atoms with Gasteiger partial charge >= 0.3 is 0 Å². The number of amides is 1. The van der Waals surface area contributed by atoms with E-state index in [0.717, 1.165) is 30.5 Å². The summed E-state index contributed by atoms with van der Waals surface area (Å²) in [5.41, 5.74) is 6.78. The third-order valence-corrected chi connectivity index (χ3v) is 6.03. The van der Waals surface area contributed by atoms with E-state index in [0.29, 0.717) is 25.9 Å². The predicted molar refractivity (Wildman–Crippen MR) is 93.6 cm³/mol. The van der Waals surface area contributed by atoms with Gasteiger partial charge in [0.15, 0.2) is 0 Å². The molecule has 1 heterocycles. The van der Waals surface area contributed by atoms with Crippen LogP contribution in [0.4, 0.5) is 10.1 Å². The van der Waals surface area contributed by atoms with Crippen LogP contribution in [0, 0.1) is 11.2 Å². The van der Waals surface area contributed by atoms with Gasteiger partial charge in [0.25, 0.3) is 0 Å². The summed E-state index contributed by atoms with van der Waals surface area (Å²) in [6.07, 6.45) is 4.48. The number of hydrogen-bond acceptors (Lipinski definition) is 2. The van der Waals surface area contributed by atoms with Crippen molar-refractivity contribution in [3.8, 4) is 0 Å². The number of nitrogens with two attached hydrogens (primary N) is 1. The lowest BCUT2D eigenvalue weighted by Crippen LogP contribution is -2.50. The van der Waals surface area contributed by atoms with E-state index >= 15 is 0 Å². The van der Waals surface area contributed by atoms with Crippen LogP contribution >= 0.6 is 12.4 Å². The monoisotopic (exact) mass is 340 g/mol. The van der Waals surface area contributed by atoms with Crippen LogP contribution in [-0.2, 0) is 10.2 Å². The maximum Gasteiger partial charge on any atom is 0.234 e. The zero-order chi connectivity index (χ0) is 16.0. The van der Waals surface area contributed by atoms with Gasteiger partial charge < -0.3 is 10.6 Å². The molecule has 3 rings (SSSR count). The van der Waals surface area contributed by atoms with E-state index in [1.54, 1.807) is 6.07 Å². The Morgan fingerprint density at radius 2 is 2.00 bits per heavy atom. The van der Waals surface area contributed by atoms with Crippen LogP contribution in [0.15, 0.2) is 18.2 Å². The van der Waals surface area contributed by atoms with Gasteiger partial charge in [-0.1, -0.05) is 26.3 Å². The molecule has 0 bridgehead atoms. The van der Waals surface area contributed by atoms with E-state index in [1.807, 2.05) is 24.8 Å². The Hall–Kier alpha value is -1.13. The van der Waals surface area contributed by atoms with Gasteiger partial charge in [0.1, 0.15) is 5.82 Å². The summed E-state index contributed by atoms with van der Waals surface area (Å²) >= 11 is 0. The van der Waals surface area contributed by atoms with Crippen LogP contribution < -0.4 is 10.6 Å². The molecule has 2 aliphatic rings. The van der Waals surface area contributed by atoms with Crippen molar-refractivity contribution < 1.29 is 9.18 Å². The van der Waals surface area contributed by atoms with E-state index in [1.165, 1.54) is 6.07 Å². The molecule has 2 N–H and O–H groups in total. The van der Waals surface area contributed by atoms with Crippen LogP contribution in [0.3, 0.4) is 0 Å². The fourth-order valence-corrected chi connectivity index (χ4v) is 4.14. The van der Waals surface area contributed by atoms with Gasteiger partial charge in [-0.2, -0.15) is 0 Å². The molecule has 0 radical (unpaired) electrons. The highest BCUT2D eigenvalue weighted by atomic mass is 35.5. The van der Waals surface area contributed by atoms with Crippen LogP contribution in [-0.4, -0.2) is 19.0 Å². The summed E-state index contributed by atoms with van der Waals surface area (Å²) in [4.78, 5) is 15.0. The molecule has 1 amide bonds. The molecule has 0 saturated heterocycles. The normalized spacial score (nSPS) is 18.3. The third kappa shape index (κ3) is 2.47. The van der Waals surface area contributed by atoms with Crippen molar-refractivity contribution in [2.24, 2.45) is 11.1 Å². The average molecular weight is 341 g/mol. The molecule has 3 nitrogen and oxygen atoms in total. The first-order valence-electron chi connectivity index (χ1n) is 8.34. The molecular weight excluding hydrogens is 315 g/mol. The lowest BCUT2D eigenvalue weighted by molar-refractivity contribution is -0.128. The summed E-state index contributed by atoms with van der Waals surface area (Å²) in [6, 6.07) is 5.10. The Balaban J connectivity index is 0.00000192. The Kier molecular flexibility index (Phi) is 5.07. The van der Waals surface area contributed by atoms with Gasteiger partial charge in [-0.05, 0) is 37.8 Å². The standard InChI is InChI=1S/C18H25FN2O.ClH/c1-3-17(4-2,11-20)16(22)21-12-18(9-6-10-18)15-13(19)7-5-8-14(15)21;/h5,7-8H,3-4,6,9-12,20H2,1-2H3;1H. The molecule has 1 aliphatic heterocycles. The van der Waals surface area contributed by atoms with Crippen LogP contribution in [0.1, 0.15) is 51.5 Å². The Morgan fingerprint density at radius 1 is 1.35 bits per heavy atom. The van der Waals surface area contributed by atoms with E-state index in [-0.39, 0.29) is 29.5 Å². The van der Waals surface area contributed by atoms with Gasteiger partial charge in [-0.25, -0.2) is 4.39 Å². The van der Waals surface area contributed by atoms with Gasteiger partial charge in [0, 0.05) is 24.1 Å². The molecule has 1 aromatic carbocycles. The highest BCUT2D eigenvalue weighted by Gasteiger charge is 2.52. The third-order valence-electron chi connectivity index (χ3n) is 6.03. The second kappa shape index (κ2) is 6.40. The smallest absolute Gasteiger partial charge is 0.234 e. The number of anilines is 1. The Morgan fingerprint density at radius 3 is 2.48 bits per heavy atom. The topological polar surface area (TPSA) is 46.3 Å². The molecule has 0 aromatic heterocycles. The fraction of sp³-hybridized carbons (Fsp3) is 0.611. The average Bonchev–Trinajstić information content (AvgIpc) is 2.86. The summed E-state index contributed by atoms with van der Waals surface area (Å²) in [5.74, 6) is -0.102. The van der Waals surface area contributed by atoms with Crippen molar-refractivity contribution in [3.63, 3.8) is 0 Å². The van der Waals surface area contributed by atoms with Gasteiger partial charge in [-0.3, -0.25) is 4.79 Å². The van der Waals surface area contributed by atoms with Gasteiger partial charge in [0.2, 0.25) is 5.91 Å². The molecule has 0 unspecified atom stereocenters. The Labute approximate surface area is 143 Å². The van der Waals surface area contributed by atoms with Gasteiger partial charge in [0.05, 0.1) is 11.1 Å². The summed E-state index contributed by atoms with van der Waals surface area (Å²) in [6.45, 7) is 4.97. The van der Waals surface area contributed by atoms with Crippen molar-refractivity contribution in [2.75, 3.05) is 18.0 Å². The number of nitrogens with zero attached hydrogens (tertiary/aromatic N) is 1. The summed E-state index contributed by atoms with van der Waals surface area (Å²) in [7, 11) is 0. The SMILES string of the molecule is CCC(CC)(CN)C(=O)N1CC2(CCC2)c2c(F)cccc21.Cl. The molecule has 1 aromatic rings. The van der Waals surface area contributed by atoms with E-state index in [9.17, 15) is 9.18 Å². The minimum Gasteiger partial charge on any atom is -0.329 e. The van der Waals surface area contributed by atoms with E-state index < -0.39 is 5.41 Å². The van der Waals surface area contributed by atoms with E-state index in [2.05, 4.69) is 0 Å². The number of halogens is 2. The Bertz CT molecular complexity index is 588. The van der Waals surface area contributed by atoms with Crippen molar-refractivity contribution >= 4 is 24.0 Å². The molecule has 128 valence electrons. The minimum atomic E-state index is -0.529. The molecule has 1 fully saturated rings. The highest BCUT2D eigenvalue weighted by Crippen LogP contribution is 2.54. The van der Waals surface area contributed by atoms with Crippen molar-refractivity contribution in [1.82, 2.24) is 0 Å². The molecule has 23 heavy (non-hydrogen) atoms. The van der Waals surface area contributed by atoms with Crippen molar-refractivity contribution in [1.29, 1.82) is 0 Å². The van der Waals surface area contributed by atoms with Crippen molar-refractivity contribution in [3.05, 3.63) is 29.6 Å². The molecule has 1 aliphatic carbocycles. The second-order valence-electron chi connectivity index (χ2n) is 6.85. The number of carbonyl (C=O) groups is 1. The maximum absolute atomic E-state index is 14.4. The first-order valence-corrected chi connectivity index (χ1v) is 8.34. The number of rotatable bonds is 4. The van der Waals surface area contributed by atoms with E-state index in [4.69, 9.17) is 5.73 Å². The van der Waals surface area contributed by atoms with Crippen LogP contribution in [0.25, 0.3) is 0 Å². The number of carbonyl (C=O) groups excluding carboxylic acids is 1. The minimum absolute atomic E-state index is 0. The lowest BCUT2D eigenvalue weighted by Gasteiger charge is -2.40. The summed E-state index contributed by atoms with van der Waals surface area (Å²) < 4.78 is 14.4. The van der Waals surface area contributed by atoms with Gasteiger partial charge in [-0.15, -0.1) is 12.4 Å². The lowest BCUT2D eigenvalue weighted by atomic mass is 9.65. The zero-order valence-electron chi connectivity index (χ0n) is 13.9. The number of benzene rings is 1.